The third-order valence-corrected chi connectivity index (χ3v) is 4.03. The van der Waals surface area contributed by atoms with Crippen molar-refractivity contribution in [3.63, 3.8) is 0 Å². The molecule has 1 N–H and O–H groups in total. The molecule has 0 fully saturated rings. The molecular weight excluding hydrogens is 225 g/mol. The van der Waals surface area contributed by atoms with Gasteiger partial charge in [-0.1, -0.05) is 0 Å². The number of nitrogens with one attached hydrogen (secondary N) is 1. The summed E-state index contributed by atoms with van der Waals surface area (Å²) >= 11 is 0.503. The molecular formula is C11H11NSe. The topological polar surface area (TPSA) is 15.8 Å². The van der Waals surface area contributed by atoms with Crippen molar-refractivity contribution in [3.8, 4) is 10.1 Å². The van der Waals surface area contributed by atoms with Crippen molar-refractivity contribution < 1.29 is 0 Å². The Bertz CT molecular complexity index is 384. The Morgan fingerprint density at radius 1 is 1.46 bits per heavy atom. The van der Waals surface area contributed by atoms with Crippen LogP contribution in [0, 0.1) is 0 Å². The average Bonchev–Trinajstić information content (AvgIpc) is 2.71. The van der Waals surface area contributed by atoms with E-state index in [2.05, 4.69) is 28.6 Å². The van der Waals surface area contributed by atoms with Crippen molar-refractivity contribution >= 4 is 14.5 Å². The Kier molecular flexibility index (Phi) is 2.53. The second-order valence-electron chi connectivity index (χ2n) is 2.85. The van der Waals surface area contributed by atoms with E-state index < -0.39 is 0 Å². The van der Waals surface area contributed by atoms with Crippen LogP contribution in [0.1, 0.15) is 5.56 Å². The van der Waals surface area contributed by atoms with Crippen LogP contribution in [-0.4, -0.2) is 19.5 Å². The van der Waals surface area contributed by atoms with Crippen LogP contribution >= 0.6 is 0 Å². The number of hydrogen-bond donors (Lipinski definition) is 1. The second kappa shape index (κ2) is 3.82. The van der Waals surface area contributed by atoms with Crippen LogP contribution < -0.4 is 0 Å². The van der Waals surface area contributed by atoms with Crippen molar-refractivity contribution in [2.75, 3.05) is 0 Å². The number of rotatable bonds is 3. The van der Waals surface area contributed by atoms with Gasteiger partial charge in [0, 0.05) is 0 Å². The molecule has 0 aliphatic rings. The monoisotopic (exact) mass is 237 g/mol. The Balaban J connectivity index is 2.40. The number of aromatic amines is 1. The van der Waals surface area contributed by atoms with Crippen LogP contribution in [0.3, 0.4) is 0 Å². The van der Waals surface area contributed by atoms with Gasteiger partial charge in [-0.25, -0.2) is 0 Å². The maximum absolute atomic E-state index is 3.77. The van der Waals surface area contributed by atoms with Gasteiger partial charge >= 0.3 is 83.6 Å². The molecule has 0 atom stereocenters. The summed E-state index contributed by atoms with van der Waals surface area (Å²) in [5.41, 5.74) is 2.68. The third-order valence-electron chi connectivity index (χ3n) is 1.95. The summed E-state index contributed by atoms with van der Waals surface area (Å²) < 4.78 is 1.47. The van der Waals surface area contributed by atoms with Gasteiger partial charge in [0.15, 0.2) is 0 Å². The average molecular weight is 236 g/mol. The summed E-state index contributed by atoms with van der Waals surface area (Å²) in [6.07, 6.45) is 4.92. The molecule has 0 aliphatic carbocycles. The van der Waals surface area contributed by atoms with Gasteiger partial charge in [-0.3, -0.25) is 0 Å². The van der Waals surface area contributed by atoms with Crippen molar-refractivity contribution in [2.24, 2.45) is 0 Å². The van der Waals surface area contributed by atoms with E-state index in [-0.39, 0.29) is 0 Å². The molecule has 2 rings (SSSR count). The molecule has 13 heavy (non-hydrogen) atoms. The quantitative estimate of drug-likeness (QED) is 0.622. The van der Waals surface area contributed by atoms with Gasteiger partial charge in [0.05, 0.1) is 0 Å². The van der Waals surface area contributed by atoms with Crippen LogP contribution in [-0.2, 0) is 6.42 Å². The van der Waals surface area contributed by atoms with Gasteiger partial charge in [0.1, 0.15) is 0 Å². The minimum absolute atomic E-state index is 0.503. The summed E-state index contributed by atoms with van der Waals surface area (Å²) in [6, 6.07) is 6.40. The van der Waals surface area contributed by atoms with Crippen molar-refractivity contribution in [1.82, 2.24) is 4.98 Å². The van der Waals surface area contributed by atoms with Crippen molar-refractivity contribution in [1.29, 1.82) is 0 Å². The van der Waals surface area contributed by atoms with Gasteiger partial charge < -0.3 is 0 Å². The van der Waals surface area contributed by atoms with E-state index in [9.17, 15) is 0 Å². The van der Waals surface area contributed by atoms with Gasteiger partial charge in [-0.15, -0.1) is 0 Å². The molecule has 2 aromatic heterocycles. The van der Waals surface area contributed by atoms with Gasteiger partial charge in [0.25, 0.3) is 0 Å². The van der Waals surface area contributed by atoms with Crippen molar-refractivity contribution in [2.45, 2.75) is 6.42 Å². The first-order chi connectivity index (χ1) is 6.42. The molecule has 0 bridgehead atoms. The standard InChI is InChI=1S/C11H11NSe/c1-2-4-9-6-8-13-11(9)10-5-3-7-12-10/h2-3,5-8,12H,1,4H2. The zero-order chi connectivity index (χ0) is 9.10. The fourth-order valence-electron chi connectivity index (χ4n) is 1.36. The van der Waals surface area contributed by atoms with E-state index in [1.54, 1.807) is 0 Å². The first-order valence-electron chi connectivity index (χ1n) is 4.23. The van der Waals surface area contributed by atoms with Crippen LogP contribution in [0.15, 0.2) is 42.0 Å². The first-order valence-corrected chi connectivity index (χ1v) is 6.07. The molecule has 66 valence electrons. The van der Waals surface area contributed by atoms with E-state index in [1.165, 1.54) is 15.7 Å². The minimum atomic E-state index is 0.503. The number of aromatic nitrogens is 1. The normalized spacial score (nSPS) is 10.2. The number of allylic oxidation sites excluding steroid dienone is 1. The molecule has 1 nitrogen and oxygen atoms in total. The molecule has 2 heteroatoms. The zero-order valence-corrected chi connectivity index (χ0v) is 9.00. The van der Waals surface area contributed by atoms with Gasteiger partial charge in [-0.05, 0) is 0 Å². The Morgan fingerprint density at radius 2 is 2.38 bits per heavy atom. The summed E-state index contributed by atoms with van der Waals surface area (Å²) in [5.74, 6) is 0. The fourth-order valence-corrected chi connectivity index (χ4v) is 3.30. The Labute approximate surface area is 83.9 Å². The maximum atomic E-state index is 3.77. The van der Waals surface area contributed by atoms with E-state index in [4.69, 9.17) is 0 Å². The Hall–Kier alpha value is -0.981. The van der Waals surface area contributed by atoms with Crippen molar-refractivity contribution in [3.05, 3.63) is 47.6 Å². The molecule has 0 amide bonds. The first kappa shape index (κ1) is 8.61. The number of hydrogen-bond acceptors (Lipinski definition) is 0. The SMILES string of the molecule is C=CCc1cc[se]c1-c1ccc[nH]1. The second-order valence-corrected chi connectivity index (χ2v) is 4.77. The molecule has 0 unspecified atom stereocenters. The molecule has 0 aromatic carbocycles. The van der Waals surface area contributed by atoms with E-state index in [1.807, 2.05) is 18.3 Å². The van der Waals surface area contributed by atoms with E-state index in [0.29, 0.717) is 14.5 Å². The molecule has 2 heterocycles. The molecule has 0 radical (unpaired) electrons. The number of H-pyrrole nitrogens is 1. The zero-order valence-electron chi connectivity index (χ0n) is 7.29. The van der Waals surface area contributed by atoms with E-state index in [0.717, 1.165) is 6.42 Å². The van der Waals surface area contributed by atoms with E-state index >= 15 is 0 Å². The fraction of sp³-hybridized carbons (Fsp3) is 0.0909. The molecule has 0 spiro atoms. The molecule has 0 saturated carbocycles. The molecule has 0 saturated heterocycles. The third kappa shape index (κ3) is 1.69. The van der Waals surface area contributed by atoms with Gasteiger partial charge in [-0.2, -0.15) is 0 Å². The Morgan fingerprint density at radius 3 is 3.08 bits per heavy atom. The van der Waals surface area contributed by atoms with Crippen LogP contribution in [0.2, 0.25) is 0 Å². The van der Waals surface area contributed by atoms with Crippen LogP contribution in [0.4, 0.5) is 0 Å². The predicted octanol–water partition coefficient (Wildman–Crippen LogP) is 2.47. The summed E-state index contributed by atoms with van der Waals surface area (Å²) in [6.45, 7) is 3.77. The summed E-state index contributed by atoms with van der Waals surface area (Å²) in [7, 11) is 0. The van der Waals surface area contributed by atoms with Crippen LogP contribution in [0.5, 0.6) is 0 Å². The molecule has 2 aromatic rings. The van der Waals surface area contributed by atoms with Gasteiger partial charge in [0.2, 0.25) is 0 Å². The van der Waals surface area contributed by atoms with Crippen LogP contribution in [0.25, 0.3) is 10.1 Å². The summed E-state index contributed by atoms with van der Waals surface area (Å²) in [4.78, 5) is 5.52. The summed E-state index contributed by atoms with van der Waals surface area (Å²) in [5, 5.41) is 0. The molecule has 0 aliphatic heterocycles. The predicted molar refractivity (Wildman–Crippen MR) is 57.1 cm³/mol.